The Morgan fingerprint density at radius 1 is 0.933 bits per heavy atom. The number of unbranched alkanes of at least 4 members (excludes halogenated alkanes) is 9. The van der Waals surface area contributed by atoms with Gasteiger partial charge in [0.2, 0.25) is 0 Å². The number of ether oxygens (including phenoxy) is 1. The zero-order valence-corrected chi connectivity index (χ0v) is 18.9. The minimum Gasteiger partial charge on any atom is -0.508 e. The Bertz CT molecular complexity index is 661. The first-order valence-corrected chi connectivity index (χ1v) is 11.6. The number of aliphatic hydroxyl groups excluding tert-OH is 1. The van der Waals surface area contributed by atoms with Crippen LogP contribution in [0.1, 0.15) is 96.5 Å². The van der Waals surface area contributed by atoms with E-state index in [9.17, 15) is 15.0 Å². The Morgan fingerprint density at radius 3 is 2.23 bits per heavy atom. The van der Waals surface area contributed by atoms with Crippen LogP contribution in [0.4, 0.5) is 0 Å². The number of rotatable bonds is 17. The van der Waals surface area contributed by atoms with Gasteiger partial charge in [-0.1, -0.05) is 83.8 Å². The van der Waals surface area contributed by atoms with E-state index in [2.05, 4.69) is 13.8 Å². The van der Waals surface area contributed by atoms with Crippen molar-refractivity contribution in [3.05, 3.63) is 41.7 Å². The number of benzene rings is 1. The lowest BCUT2D eigenvalue weighted by Crippen LogP contribution is -1.97. The molecule has 0 heterocycles. The molecular formula is C26H40O4. The summed E-state index contributed by atoms with van der Waals surface area (Å²) in [6, 6.07) is 5.02. The summed E-state index contributed by atoms with van der Waals surface area (Å²) >= 11 is 0. The summed E-state index contributed by atoms with van der Waals surface area (Å²) in [7, 11) is 0. The van der Waals surface area contributed by atoms with Gasteiger partial charge in [0, 0.05) is 12.5 Å². The zero-order chi connectivity index (χ0) is 22.0. The van der Waals surface area contributed by atoms with Crippen LogP contribution in [-0.2, 0) is 4.79 Å². The third kappa shape index (κ3) is 12.4. The van der Waals surface area contributed by atoms with Gasteiger partial charge in [-0.15, -0.1) is 0 Å². The number of carbonyl (C=O) groups excluding carboxylic acids is 1. The van der Waals surface area contributed by atoms with Crippen molar-refractivity contribution in [1.29, 1.82) is 0 Å². The second-order valence-electron chi connectivity index (χ2n) is 7.88. The summed E-state index contributed by atoms with van der Waals surface area (Å²) in [5.41, 5.74) is 0.783. The fourth-order valence-corrected chi connectivity index (χ4v) is 3.15. The summed E-state index contributed by atoms with van der Waals surface area (Å²) in [6.45, 7) is 4.86. The van der Waals surface area contributed by atoms with E-state index in [1.165, 1.54) is 57.1 Å². The predicted molar refractivity (Wildman–Crippen MR) is 125 cm³/mol. The smallest absolute Gasteiger partial charge is 0.161 e. The number of allylic oxidation sites excluding steroid dienone is 2. The number of phenols is 1. The van der Waals surface area contributed by atoms with Crippen molar-refractivity contribution in [3.8, 4) is 11.5 Å². The molecule has 0 saturated carbocycles. The van der Waals surface area contributed by atoms with Gasteiger partial charge in [-0.05, 0) is 36.6 Å². The third-order valence-electron chi connectivity index (χ3n) is 5.02. The lowest BCUT2D eigenvalue weighted by molar-refractivity contribution is -0.114. The molecular weight excluding hydrogens is 376 g/mol. The monoisotopic (exact) mass is 416 g/mol. The van der Waals surface area contributed by atoms with E-state index < -0.39 is 0 Å². The number of hydrogen-bond donors (Lipinski definition) is 2. The lowest BCUT2D eigenvalue weighted by atomic mass is 10.1. The Labute approximate surface area is 182 Å². The molecule has 0 bridgehead atoms. The van der Waals surface area contributed by atoms with Crippen LogP contribution in [0.3, 0.4) is 0 Å². The number of aliphatic hydroxyl groups is 1. The molecule has 0 aliphatic rings. The molecule has 0 spiro atoms. The largest absolute Gasteiger partial charge is 0.508 e. The number of ketones is 1. The highest BCUT2D eigenvalue weighted by atomic mass is 16.5. The van der Waals surface area contributed by atoms with Crippen molar-refractivity contribution in [2.45, 2.75) is 90.9 Å². The number of phenolic OH excluding ortho intramolecular Hbond substituents is 1. The van der Waals surface area contributed by atoms with Crippen LogP contribution in [0.2, 0.25) is 0 Å². The molecule has 0 fully saturated rings. The summed E-state index contributed by atoms with van der Waals surface area (Å²) in [4.78, 5) is 12.0. The molecule has 1 aromatic carbocycles. The van der Waals surface area contributed by atoms with E-state index in [0.717, 1.165) is 31.2 Å². The van der Waals surface area contributed by atoms with Crippen LogP contribution in [0.15, 0.2) is 36.1 Å². The fraction of sp³-hybridized carbons (Fsp3) is 0.577. The fourth-order valence-electron chi connectivity index (χ4n) is 3.15. The number of hydrogen-bond acceptors (Lipinski definition) is 4. The van der Waals surface area contributed by atoms with Gasteiger partial charge in [0.15, 0.2) is 17.3 Å². The summed E-state index contributed by atoms with van der Waals surface area (Å²) in [6.07, 6.45) is 17.8. The molecule has 168 valence electrons. The molecule has 0 saturated heterocycles. The first-order valence-electron chi connectivity index (χ1n) is 11.6. The van der Waals surface area contributed by atoms with Crippen molar-refractivity contribution in [2.75, 3.05) is 6.61 Å². The molecule has 0 amide bonds. The normalized spacial score (nSPS) is 11.9. The number of aromatic hydroxyl groups is 1. The van der Waals surface area contributed by atoms with Crippen molar-refractivity contribution in [2.24, 2.45) is 0 Å². The Morgan fingerprint density at radius 2 is 1.57 bits per heavy atom. The average Bonchev–Trinajstić information content (AvgIpc) is 2.73. The van der Waals surface area contributed by atoms with Crippen LogP contribution in [0.5, 0.6) is 11.5 Å². The minimum absolute atomic E-state index is 0.0469. The highest BCUT2D eigenvalue weighted by Crippen LogP contribution is 2.27. The Balaban J connectivity index is 2.33. The van der Waals surface area contributed by atoms with E-state index in [4.69, 9.17) is 4.74 Å². The van der Waals surface area contributed by atoms with Crippen molar-refractivity contribution in [1.82, 2.24) is 0 Å². The van der Waals surface area contributed by atoms with Crippen LogP contribution in [-0.4, -0.2) is 22.6 Å². The Hall–Kier alpha value is -2.23. The molecule has 0 atom stereocenters. The second kappa shape index (κ2) is 16.6. The SMILES string of the molecule is CCCCCCCCCCCC(=O)C=C(O)C=Cc1ccc(O)c(OCCCC)c1. The summed E-state index contributed by atoms with van der Waals surface area (Å²) < 4.78 is 5.57. The minimum atomic E-state index is -0.0579. The maximum Gasteiger partial charge on any atom is 0.161 e. The van der Waals surface area contributed by atoms with Crippen LogP contribution >= 0.6 is 0 Å². The van der Waals surface area contributed by atoms with Crippen LogP contribution in [0.25, 0.3) is 6.08 Å². The summed E-state index contributed by atoms with van der Waals surface area (Å²) in [5, 5.41) is 19.9. The van der Waals surface area contributed by atoms with E-state index >= 15 is 0 Å². The first-order chi connectivity index (χ1) is 14.6. The molecule has 0 aliphatic heterocycles. The van der Waals surface area contributed by atoms with Crippen LogP contribution < -0.4 is 4.74 Å². The van der Waals surface area contributed by atoms with Gasteiger partial charge in [-0.2, -0.15) is 0 Å². The van der Waals surface area contributed by atoms with Gasteiger partial charge in [0.1, 0.15) is 5.76 Å². The lowest BCUT2D eigenvalue weighted by Gasteiger charge is -2.08. The molecule has 30 heavy (non-hydrogen) atoms. The topological polar surface area (TPSA) is 66.8 Å². The quantitative estimate of drug-likeness (QED) is 0.119. The molecule has 4 heteroatoms. The van der Waals surface area contributed by atoms with Crippen molar-refractivity contribution < 1.29 is 19.7 Å². The van der Waals surface area contributed by atoms with E-state index in [1.807, 2.05) is 0 Å². The van der Waals surface area contributed by atoms with Gasteiger partial charge in [-0.25, -0.2) is 0 Å². The van der Waals surface area contributed by atoms with E-state index in [1.54, 1.807) is 24.3 Å². The summed E-state index contributed by atoms with van der Waals surface area (Å²) in [5.74, 6) is 0.418. The van der Waals surface area contributed by atoms with Crippen molar-refractivity contribution in [3.63, 3.8) is 0 Å². The number of carbonyl (C=O) groups is 1. The highest BCUT2D eigenvalue weighted by Gasteiger charge is 2.03. The third-order valence-corrected chi connectivity index (χ3v) is 5.02. The maximum atomic E-state index is 12.0. The maximum absolute atomic E-state index is 12.0. The van der Waals surface area contributed by atoms with E-state index in [0.29, 0.717) is 18.8 Å². The van der Waals surface area contributed by atoms with Gasteiger partial charge in [0.05, 0.1) is 6.61 Å². The average molecular weight is 417 g/mol. The molecule has 1 rings (SSSR count). The molecule has 4 nitrogen and oxygen atoms in total. The molecule has 0 radical (unpaired) electrons. The molecule has 2 N–H and O–H groups in total. The first kappa shape index (κ1) is 25.8. The van der Waals surface area contributed by atoms with Gasteiger partial charge >= 0.3 is 0 Å². The molecule has 1 aromatic rings. The highest BCUT2D eigenvalue weighted by molar-refractivity contribution is 5.90. The molecule has 0 aromatic heterocycles. The Kier molecular flexibility index (Phi) is 14.2. The molecule has 0 unspecified atom stereocenters. The van der Waals surface area contributed by atoms with Gasteiger partial charge < -0.3 is 14.9 Å². The standard InChI is InChI=1S/C26H40O4/c1-3-5-7-8-9-10-11-12-13-14-23(27)21-24(28)17-15-22-16-18-25(29)26(20-22)30-19-6-4-2/h15-18,20-21,28-29H,3-14,19H2,1-2H3. The van der Waals surface area contributed by atoms with Gasteiger partial charge in [-0.3, -0.25) is 4.79 Å². The van der Waals surface area contributed by atoms with Crippen molar-refractivity contribution >= 4 is 11.9 Å². The van der Waals surface area contributed by atoms with E-state index in [-0.39, 0.29) is 17.3 Å². The second-order valence-corrected chi connectivity index (χ2v) is 7.88. The van der Waals surface area contributed by atoms with Crippen LogP contribution in [0, 0.1) is 0 Å². The molecule has 0 aliphatic carbocycles. The predicted octanol–water partition coefficient (Wildman–Crippen LogP) is 7.52. The van der Waals surface area contributed by atoms with Gasteiger partial charge in [0.25, 0.3) is 0 Å². The zero-order valence-electron chi connectivity index (χ0n) is 18.9.